The van der Waals surface area contributed by atoms with Crippen LogP contribution in [0.1, 0.15) is 50.7 Å². The number of benzene rings is 3. The van der Waals surface area contributed by atoms with E-state index in [0.717, 1.165) is 48.8 Å². The summed E-state index contributed by atoms with van der Waals surface area (Å²) in [5.74, 6) is 2.35. The summed E-state index contributed by atoms with van der Waals surface area (Å²) in [6, 6.07) is 27.5. The number of hydrogen-bond acceptors (Lipinski definition) is 4. The summed E-state index contributed by atoms with van der Waals surface area (Å²) in [6.45, 7) is 7.01. The molecule has 0 unspecified atom stereocenters. The Kier molecular flexibility index (Phi) is 6.64. The van der Waals surface area contributed by atoms with Crippen LogP contribution in [0.2, 0.25) is 0 Å². The van der Waals surface area contributed by atoms with Gasteiger partial charge in [-0.15, -0.1) is 0 Å². The molecule has 3 aromatic carbocycles. The average molecular weight is 495 g/mol. The second-order valence-electron chi connectivity index (χ2n) is 10.6. The molecular formula is C32H38N4O. The monoisotopic (exact) mass is 494 g/mol. The Morgan fingerprint density at radius 1 is 0.838 bits per heavy atom. The van der Waals surface area contributed by atoms with E-state index in [2.05, 4.69) is 101 Å². The number of ether oxygens (including phenoxy) is 1. The summed E-state index contributed by atoms with van der Waals surface area (Å²) in [7, 11) is 0. The molecule has 3 aliphatic rings. The van der Waals surface area contributed by atoms with Crippen LogP contribution in [-0.4, -0.2) is 53.4 Å². The summed E-state index contributed by atoms with van der Waals surface area (Å²) in [5, 5.41) is 8.73. The highest BCUT2D eigenvalue weighted by Crippen LogP contribution is 2.51. The van der Waals surface area contributed by atoms with Crippen molar-refractivity contribution >= 4 is 17.2 Å². The van der Waals surface area contributed by atoms with Crippen molar-refractivity contribution in [3.8, 4) is 11.5 Å². The molecule has 3 aliphatic heterocycles. The van der Waals surface area contributed by atoms with Gasteiger partial charge in [0.15, 0.2) is 11.5 Å². The molecule has 37 heavy (non-hydrogen) atoms. The first kappa shape index (κ1) is 24.1. The minimum absolute atomic E-state index is 0.447. The molecule has 0 radical (unpaired) electrons. The molecule has 3 atom stereocenters. The Morgan fingerprint density at radius 2 is 1.51 bits per heavy atom. The third-order valence-electron chi connectivity index (χ3n) is 8.64. The van der Waals surface area contributed by atoms with Crippen molar-refractivity contribution in [2.75, 3.05) is 24.5 Å². The van der Waals surface area contributed by atoms with Crippen molar-refractivity contribution in [2.24, 2.45) is 0 Å². The summed E-state index contributed by atoms with van der Waals surface area (Å²) in [4.78, 5) is 7.43. The van der Waals surface area contributed by atoms with Gasteiger partial charge in [-0.05, 0) is 81.8 Å². The van der Waals surface area contributed by atoms with Crippen LogP contribution in [0.3, 0.4) is 0 Å². The number of piperidine rings is 1. The van der Waals surface area contributed by atoms with Gasteiger partial charge in [0.25, 0.3) is 0 Å². The molecule has 5 nitrogen and oxygen atoms in total. The third-order valence-corrected chi connectivity index (χ3v) is 8.64. The van der Waals surface area contributed by atoms with Crippen molar-refractivity contribution in [3.63, 3.8) is 0 Å². The Hall–Kier alpha value is -3.31. The van der Waals surface area contributed by atoms with E-state index in [1.807, 2.05) is 0 Å². The standard InChI is InChI=1S/C32H38N4O/c1-3-34(4-2)32(33)24-14-17-29-31(20-24)37-30-13-9-8-12-28(30)36(29)27-21-25-15-16-26(22-27)35(25)19-18-23-10-6-5-7-11-23/h5-14,17,20,25-27,33H,3-4,15-16,18-19,21-22H2,1-2H3/t25-,26+,27+. The van der Waals surface area contributed by atoms with E-state index < -0.39 is 0 Å². The zero-order valence-electron chi connectivity index (χ0n) is 22.1. The van der Waals surface area contributed by atoms with Crippen molar-refractivity contribution in [2.45, 2.75) is 64.1 Å². The van der Waals surface area contributed by atoms with E-state index in [1.165, 1.54) is 36.9 Å². The molecule has 3 aromatic rings. The molecule has 0 aromatic heterocycles. The van der Waals surface area contributed by atoms with Crippen LogP contribution in [0.25, 0.3) is 0 Å². The van der Waals surface area contributed by atoms with Gasteiger partial charge < -0.3 is 14.5 Å². The Balaban J connectivity index is 1.26. The highest BCUT2D eigenvalue weighted by Gasteiger charge is 2.44. The Morgan fingerprint density at radius 3 is 2.24 bits per heavy atom. The van der Waals surface area contributed by atoms with Crippen LogP contribution >= 0.6 is 0 Å². The normalized spacial score (nSPS) is 22.2. The maximum absolute atomic E-state index is 8.73. The van der Waals surface area contributed by atoms with Crippen LogP contribution in [-0.2, 0) is 6.42 Å². The molecule has 0 spiro atoms. The van der Waals surface area contributed by atoms with Crippen molar-refractivity contribution in [1.29, 1.82) is 5.41 Å². The van der Waals surface area contributed by atoms with Gasteiger partial charge in [0.05, 0.1) is 11.4 Å². The molecule has 1 N–H and O–H groups in total. The van der Waals surface area contributed by atoms with Gasteiger partial charge in [0.2, 0.25) is 0 Å². The van der Waals surface area contributed by atoms with E-state index in [1.54, 1.807) is 0 Å². The van der Waals surface area contributed by atoms with Crippen LogP contribution in [0.4, 0.5) is 11.4 Å². The first-order valence-corrected chi connectivity index (χ1v) is 14.0. The highest BCUT2D eigenvalue weighted by atomic mass is 16.5. The van der Waals surface area contributed by atoms with Gasteiger partial charge >= 0.3 is 0 Å². The lowest BCUT2D eigenvalue weighted by Gasteiger charge is -2.46. The highest BCUT2D eigenvalue weighted by molar-refractivity contribution is 5.98. The maximum Gasteiger partial charge on any atom is 0.151 e. The largest absolute Gasteiger partial charge is 0.453 e. The molecular weight excluding hydrogens is 456 g/mol. The average Bonchev–Trinajstić information content (AvgIpc) is 3.17. The molecule has 5 heteroatoms. The number of amidine groups is 1. The van der Waals surface area contributed by atoms with Gasteiger partial charge in [-0.25, -0.2) is 0 Å². The van der Waals surface area contributed by atoms with Crippen molar-refractivity contribution < 1.29 is 4.74 Å². The zero-order valence-corrected chi connectivity index (χ0v) is 22.1. The molecule has 3 heterocycles. The molecule has 2 saturated heterocycles. The summed E-state index contributed by atoms with van der Waals surface area (Å²) in [5.41, 5.74) is 4.66. The van der Waals surface area contributed by atoms with Gasteiger partial charge in [0, 0.05) is 43.3 Å². The number of anilines is 2. The quantitative estimate of drug-likeness (QED) is 0.289. The summed E-state index contributed by atoms with van der Waals surface area (Å²) >= 11 is 0. The van der Waals surface area contributed by atoms with Gasteiger partial charge in [-0.1, -0.05) is 42.5 Å². The minimum Gasteiger partial charge on any atom is -0.453 e. The van der Waals surface area contributed by atoms with Crippen LogP contribution in [0.15, 0.2) is 72.8 Å². The number of hydrogen-bond donors (Lipinski definition) is 1. The maximum atomic E-state index is 8.73. The number of fused-ring (bicyclic) bond motifs is 4. The predicted molar refractivity (Wildman–Crippen MR) is 152 cm³/mol. The molecule has 192 valence electrons. The van der Waals surface area contributed by atoms with Crippen LogP contribution in [0.5, 0.6) is 11.5 Å². The lowest BCUT2D eigenvalue weighted by Crippen LogP contribution is -2.50. The SMILES string of the molecule is CCN(CC)C(=N)c1ccc2c(c1)Oc1ccccc1N2[C@H]1C[C@H]2CC[C@@H](C1)N2CCc1ccccc1. The van der Waals surface area contributed by atoms with E-state index in [4.69, 9.17) is 10.1 Å². The van der Waals surface area contributed by atoms with Crippen molar-refractivity contribution in [3.05, 3.63) is 83.9 Å². The van der Waals surface area contributed by atoms with E-state index >= 15 is 0 Å². The molecule has 0 amide bonds. The Bertz CT molecular complexity index is 1240. The van der Waals surface area contributed by atoms with E-state index in [-0.39, 0.29) is 0 Å². The predicted octanol–water partition coefficient (Wildman–Crippen LogP) is 6.84. The van der Waals surface area contributed by atoms with E-state index in [0.29, 0.717) is 24.0 Å². The zero-order chi connectivity index (χ0) is 25.4. The first-order valence-electron chi connectivity index (χ1n) is 14.0. The third kappa shape index (κ3) is 4.50. The fourth-order valence-electron chi connectivity index (χ4n) is 6.77. The summed E-state index contributed by atoms with van der Waals surface area (Å²) in [6.07, 6.45) is 6.08. The van der Waals surface area contributed by atoms with Gasteiger partial charge in [-0.3, -0.25) is 10.3 Å². The smallest absolute Gasteiger partial charge is 0.151 e. The van der Waals surface area contributed by atoms with Crippen LogP contribution in [0, 0.1) is 5.41 Å². The van der Waals surface area contributed by atoms with Crippen LogP contribution < -0.4 is 9.64 Å². The fraction of sp³-hybridized carbons (Fsp3) is 0.406. The number of nitrogens with zero attached hydrogens (tertiary/aromatic N) is 3. The molecule has 0 saturated carbocycles. The lowest BCUT2D eigenvalue weighted by molar-refractivity contribution is 0.129. The first-order chi connectivity index (χ1) is 18.2. The van der Waals surface area contributed by atoms with Crippen molar-refractivity contribution in [1.82, 2.24) is 9.80 Å². The minimum atomic E-state index is 0.447. The van der Waals surface area contributed by atoms with Gasteiger partial charge in [-0.2, -0.15) is 0 Å². The lowest BCUT2D eigenvalue weighted by atomic mass is 9.93. The number of nitrogens with one attached hydrogen (secondary N) is 1. The molecule has 2 fully saturated rings. The molecule has 0 aliphatic carbocycles. The van der Waals surface area contributed by atoms with E-state index in [9.17, 15) is 0 Å². The second-order valence-corrected chi connectivity index (χ2v) is 10.6. The Labute approximate surface area is 221 Å². The second kappa shape index (κ2) is 10.2. The summed E-state index contributed by atoms with van der Waals surface area (Å²) < 4.78 is 6.45. The topological polar surface area (TPSA) is 42.8 Å². The molecule has 2 bridgehead atoms. The molecule has 6 rings (SSSR count). The van der Waals surface area contributed by atoms with Gasteiger partial charge in [0.1, 0.15) is 5.84 Å². The number of para-hydroxylation sites is 2. The fourth-order valence-corrected chi connectivity index (χ4v) is 6.77. The number of rotatable bonds is 7.